The molecule has 250 valence electrons. The van der Waals surface area contributed by atoms with Gasteiger partial charge in [0.05, 0.1) is 5.60 Å². The first-order valence-corrected chi connectivity index (χ1v) is 17.3. The van der Waals surface area contributed by atoms with Gasteiger partial charge in [0.2, 0.25) is 11.8 Å². The summed E-state index contributed by atoms with van der Waals surface area (Å²) in [5, 5.41) is 15.8. The molecule has 3 aliphatic rings. The number of aliphatic hydroxyl groups is 1. The zero-order valence-electron chi connectivity index (χ0n) is 27.8. The molecule has 9 heteroatoms. The number of nitrogens with zero attached hydrogens (tertiary/aromatic N) is 2. The summed E-state index contributed by atoms with van der Waals surface area (Å²) < 4.78 is 5.26. The first kappa shape index (κ1) is 35.0. The number of piperazine rings is 1. The Hall–Kier alpha value is -2.91. The van der Waals surface area contributed by atoms with Crippen molar-refractivity contribution >= 4 is 17.9 Å². The SMILES string of the molecule is CCCN1C(=O)[C@H](CCCCNC(=O)OCc2ccccc2)NC(=O)C12CCN(CC1CC=C(CCCC(C)(C)O)CC1)CC2. The smallest absolute Gasteiger partial charge is 0.407 e. The Morgan fingerprint density at radius 3 is 2.56 bits per heavy atom. The largest absolute Gasteiger partial charge is 0.445 e. The second kappa shape index (κ2) is 16.6. The summed E-state index contributed by atoms with van der Waals surface area (Å²) >= 11 is 0. The monoisotopic (exact) mass is 624 g/mol. The normalized spacial score (nSPS) is 22.2. The van der Waals surface area contributed by atoms with Gasteiger partial charge >= 0.3 is 6.09 Å². The number of piperidine rings is 1. The quantitative estimate of drug-likeness (QED) is 0.180. The minimum Gasteiger partial charge on any atom is -0.445 e. The lowest BCUT2D eigenvalue weighted by atomic mass is 9.80. The summed E-state index contributed by atoms with van der Waals surface area (Å²) in [5.74, 6) is 0.670. The van der Waals surface area contributed by atoms with E-state index in [-0.39, 0.29) is 18.4 Å². The van der Waals surface area contributed by atoms with Crippen molar-refractivity contribution in [3.8, 4) is 0 Å². The Kier molecular flexibility index (Phi) is 12.9. The van der Waals surface area contributed by atoms with Crippen LogP contribution in [0.25, 0.3) is 0 Å². The van der Waals surface area contributed by atoms with Crippen LogP contribution < -0.4 is 10.6 Å². The van der Waals surface area contributed by atoms with Gasteiger partial charge in [0, 0.05) is 32.7 Å². The minimum atomic E-state index is -0.746. The Morgan fingerprint density at radius 1 is 1.13 bits per heavy atom. The zero-order valence-corrected chi connectivity index (χ0v) is 27.8. The predicted octanol–water partition coefficient (Wildman–Crippen LogP) is 5.32. The Balaban J connectivity index is 1.18. The number of allylic oxidation sites excluding steroid dienone is 2. The van der Waals surface area contributed by atoms with Crippen molar-refractivity contribution in [2.24, 2.45) is 5.92 Å². The predicted molar refractivity (Wildman–Crippen MR) is 176 cm³/mol. The molecule has 2 atom stereocenters. The lowest BCUT2D eigenvalue weighted by Gasteiger charge is -2.52. The summed E-state index contributed by atoms with van der Waals surface area (Å²) in [5.41, 5.74) is 1.14. The molecule has 9 nitrogen and oxygen atoms in total. The van der Waals surface area contributed by atoms with Crippen LogP contribution in [-0.2, 0) is 20.9 Å². The highest BCUT2D eigenvalue weighted by atomic mass is 16.5. The van der Waals surface area contributed by atoms with E-state index in [2.05, 4.69) is 28.5 Å². The average molecular weight is 625 g/mol. The van der Waals surface area contributed by atoms with E-state index < -0.39 is 23.3 Å². The van der Waals surface area contributed by atoms with Crippen molar-refractivity contribution in [2.75, 3.05) is 32.7 Å². The number of likely N-dealkylation sites (tertiary alicyclic amines) is 1. The number of alkyl carbamates (subject to hydrolysis) is 1. The van der Waals surface area contributed by atoms with E-state index in [1.165, 1.54) is 12.0 Å². The van der Waals surface area contributed by atoms with Crippen LogP contribution in [0.4, 0.5) is 4.79 Å². The van der Waals surface area contributed by atoms with Gasteiger partial charge in [0.1, 0.15) is 18.2 Å². The molecule has 2 saturated heterocycles. The van der Waals surface area contributed by atoms with Gasteiger partial charge in [-0.15, -0.1) is 0 Å². The molecular weight excluding hydrogens is 568 g/mol. The van der Waals surface area contributed by atoms with Crippen LogP contribution in [0, 0.1) is 5.92 Å². The molecule has 2 heterocycles. The number of carbonyl (C=O) groups excluding carboxylic acids is 3. The van der Waals surface area contributed by atoms with Gasteiger partial charge in [0.15, 0.2) is 0 Å². The van der Waals surface area contributed by atoms with Gasteiger partial charge in [0.25, 0.3) is 0 Å². The molecule has 4 rings (SSSR count). The molecule has 2 fully saturated rings. The van der Waals surface area contributed by atoms with Crippen molar-refractivity contribution < 1.29 is 24.2 Å². The van der Waals surface area contributed by atoms with Crippen LogP contribution in [0.1, 0.15) is 103 Å². The third-order valence-electron chi connectivity index (χ3n) is 9.76. The average Bonchev–Trinajstić information content (AvgIpc) is 3.02. The second-order valence-electron chi connectivity index (χ2n) is 14.0. The summed E-state index contributed by atoms with van der Waals surface area (Å²) in [6.07, 6.45) is 12.5. The zero-order chi connectivity index (χ0) is 32.3. The molecule has 45 heavy (non-hydrogen) atoms. The number of carbonyl (C=O) groups is 3. The second-order valence-corrected chi connectivity index (χ2v) is 14.0. The summed E-state index contributed by atoms with van der Waals surface area (Å²) in [6, 6.07) is 9.04. The van der Waals surface area contributed by atoms with Crippen molar-refractivity contribution in [1.82, 2.24) is 20.4 Å². The van der Waals surface area contributed by atoms with Crippen LogP contribution in [0.5, 0.6) is 0 Å². The molecule has 3 amide bonds. The first-order valence-electron chi connectivity index (χ1n) is 17.3. The topological polar surface area (TPSA) is 111 Å². The van der Waals surface area contributed by atoms with Crippen molar-refractivity contribution in [3.63, 3.8) is 0 Å². The van der Waals surface area contributed by atoms with E-state index in [1.807, 2.05) is 49.1 Å². The number of rotatable bonds is 15. The van der Waals surface area contributed by atoms with Gasteiger partial charge in [-0.1, -0.05) is 48.9 Å². The highest BCUT2D eigenvalue weighted by molar-refractivity contribution is 6.00. The van der Waals surface area contributed by atoms with Gasteiger partial charge in [-0.05, 0) is 102 Å². The van der Waals surface area contributed by atoms with E-state index in [0.717, 1.165) is 63.7 Å². The third-order valence-corrected chi connectivity index (χ3v) is 9.76. The maximum atomic E-state index is 13.7. The van der Waals surface area contributed by atoms with E-state index in [9.17, 15) is 19.5 Å². The summed E-state index contributed by atoms with van der Waals surface area (Å²) in [4.78, 5) is 43.7. The Labute approximate surface area is 270 Å². The fraction of sp³-hybridized carbons (Fsp3) is 0.694. The number of nitrogens with one attached hydrogen (secondary N) is 2. The number of benzene rings is 1. The fourth-order valence-corrected chi connectivity index (χ4v) is 7.11. The lowest BCUT2D eigenvalue weighted by Crippen LogP contribution is -2.72. The van der Waals surface area contributed by atoms with Crippen LogP contribution in [0.3, 0.4) is 0 Å². The van der Waals surface area contributed by atoms with Crippen LogP contribution in [0.15, 0.2) is 42.0 Å². The highest BCUT2D eigenvalue weighted by Crippen LogP contribution is 2.35. The number of hydrogen-bond acceptors (Lipinski definition) is 6. The van der Waals surface area contributed by atoms with Gasteiger partial charge in [-0.2, -0.15) is 0 Å². The van der Waals surface area contributed by atoms with Gasteiger partial charge in [-0.3, -0.25) is 9.59 Å². The van der Waals surface area contributed by atoms with Crippen LogP contribution in [-0.4, -0.2) is 82.7 Å². The highest BCUT2D eigenvalue weighted by Gasteiger charge is 2.53. The lowest BCUT2D eigenvalue weighted by molar-refractivity contribution is -0.161. The summed E-state index contributed by atoms with van der Waals surface area (Å²) in [7, 11) is 0. The van der Waals surface area contributed by atoms with Gasteiger partial charge in [-0.25, -0.2) is 4.79 Å². The number of unbranched alkanes of at least 4 members (excludes halogenated alkanes) is 1. The molecule has 3 N–H and O–H groups in total. The standard InChI is InChI=1S/C36H56N4O5/c1-4-23-40-32(41)31(14-8-9-22-37-34(43)45-27-30-11-6-5-7-12-30)38-33(42)36(40)20-24-39(25-21-36)26-29-17-15-28(16-18-29)13-10-19-35(2,3)44/h5-7,11-12,15,29,31,44H,4,8-10,13-14,16-27H2,1-3H3,(H,37,43)(H,38,42)/t29?,31-/m0/s1. The van der Waals surface area contributed by atoms with Crippen molar-refractivity contribution in [3.05, 3.63) is 47.5 Å². The van der Waals surface area contributed by atoms with Crippen LogP contribution >= 0.6 is 0 Å². The Bertz CT molecular complexity index is 1140. The van der Waals surface area contributed by atoms with E-state index >= 15 is 0 Å². The van der Waals surface area contributed by atoms with E-state index in [4.69, 9.17) is 4.74 Å². The van der Waals surface area contributed by atoms with Crippen molar-refractivity contribution in [2.45, 2.75) is 122 Å². The molecule has 1 unspecified atom stereocenters. The molecule has 1 spiro atoms. The molecule has 1 aromatic rings. The van der Waals surface area contributed by atoms with Crippen LogP contribution in [0.2, 0.25) is 0 Å². The molecule has 0 radical (unpaired) electrons. The molecule has 0 aromatic heterocycles. The minimum absolute atomic E-state index is 0.000821. The number of hydrogen-bond donors (Lipinski definition) is 3. The summed E-state index contributed by atoms with van der Waals surface area (Å²) in [6.45, 7) is 9.82. The number of amides is 3. The van der Waals surface area contributed by atoms with Crippen molar-refractivity contribution in [1.29, 1.82) is 0 Å². The third kappa shape index (κ3) is 10.3. The maximum Gasteiger partial charge on any atom is 0.407 e. The van der Waals surface area contributed by atoms with E-state index in [1.54, 1.807) is 0 Å². The first-order chi connectivity index (χ1) is 21.6. The molecular formula is C36H56N4O5. The maximum absolute atomic E-state index is 13.7. The molecule has 1 aliphatic carbocycles. The number of ether oxygens (including phenoxy) is 1. The van der Waals surface area contributed by atoms with E-state index in [0.29, 0.717) is 51.1 Å². The van der Waals surface area contributed by atoms with Gasteiger partial charge < -0.3 is 30.3 Å². The Morgan fingerprint density at radius 2 is 1.89 bits per heavy atom. The molecule has 1 aromatic carbocycles. The molecule has 0 saturated carbocycles. The molecule has 0 bridgehead atoms. The molecule has 2 aliphatic heterocycles. The fourth-order valence-electron chi connectivity index (χ4n) is 7.11.